The highest BCUT2D eigenvalue weighted by Gasteiger charge is 2.15. The summed E-state index contributed by atoms with van der Waals surface area (Å²) in [5, 5.41) is 5.30. The molecule has 114 valence electrons. The topological polar surface area (TPSA) is 42.0 Å². The minimum atomic E-state index is -0.0398. The molecule has 2 heterocycles. The highest BCUT2D eigenvalue weighted by molar-refractivity contribution is 7.21. The molecule has 0 fully saturated rings. The van der Waals surface area contributed by atoms with Crippen molar-refractivity contribution in [3.8, 4) is 0 Å². The number of carbonyl (C=O) groups excluding carboxylic acids is 1. The molecule has 3 aromatic rings. The van der Waals surface area contributed by atoms with Gasteiger partial charge in [0.25, 0.3) is 5.91 Å². The lowest BCUT2D eigenvalue weighted by Gasteiger charge is -2.05. The second-order valence-corrected chi connectivity index (χ2v) is 7.12. The third-order valence-corrected chi connectivity index (χ3v) is 5.01. The number of nitrogens with zero attached hydrogens (tertiary/aromatic N) is 1. The summed E-state index contributed by atoms with van der Waals surface area (Å²) < 4.78 is 1.02. The standard InChI is InChI=1S/C17H17ClN2OS/c1-10(2)7-8-19-17(21)14-9-12-15(22-14)11-5-3-4-6-13(11)20-16(12)18/h3-6,9-10H,7-8H2,1-2H3,(H,19,21). The van der Waals surface area contributed by atoms with E-state index in [0.29, 0.717) is 22.5 Å². The van der Waals surface area contributed by atoms with Gasteiger partial charge in [0.05, 0.1) is 10.4 Å². The maximum absolute atomic E-state index is 12.3. The third kappa shape index (κ3) is 2.94. The molecule has 0 radical (unpaired) electrons. The summed E-state index contributed by atoms with van der Waals surface area (Å²) >= 11 is 7.74. The van der Waals surface area contributed by atoms with Crippen LogP contribution in [-0.4, -0.2) is 17.4 Å². The molecule has 0 saturated heterocycles. The molecule has 0 aliphatic rings. The number of aromatic nitrogens is 1. The molecule has 0 atom stereocenters. The van der Waals surface area contributed by atoms with Crippen LogP contribution in [0.1, 0.15) is 29.9 Å². The summed E-state index contributed by atoms with van der Waals surface area (Å²) in [6.07, 6.45) is 0.974. The van der Waals surface area contributed by atoms with Crippen LogP contribution in [-0.2, 0) is 0 Å². The second kappa shape index (κ2) is 6.23. The van der Waals surface area contributed by atoms with Crippen molar-refractivity contribution < 1.29 is 4.79 Å². The molecule has 2 aromatic heterocycles. The number of fused-ring (bicyclic) bond motifs is 3. The van der Waals surface area contributed by atoms with Crippen LogP contribution in [0.4, 0.5) is 0 Å². The lowest BCUT2D eigenvalue weighted by atomic mass is 10.1. The molecule has 0 spiro atoms. The molecule has 22 heavy (non-hydrogen) atoms. The Morgan fingerprint density at radius 2 is 2.09 bits per heavy atom. The van der Waals surface area contributed by atoms with Crippen LogP contribution in [0.15, 0.2) is 30.3 Å². The number of hydrogen-bond acceptors (Lipinski definition) is 3. The molecule has 1 N–H and O–H groups in total. The lowest BCUT2D eigenvalue weighted by molar-refractivity contribution is 0.0956. The van der Waals surface area contributed by atoms with Crippen molar-refractivity contribution >= 4 is 49.8 Å². The third-order valence-electron chi connectivity index (χ3n) is 3.55. The number of hydrogen-bond donors (Lipinski definition) is 1. The number of rotatable bonds is 4. The molecular formula is C17H17ClN2OS. The zero-order valence-corrected chi connectivity index (χ0v) is 14.1. The first-order valence-electron chi connectivity index (χ1n) is 7.32. The molecule has 3 rings (SSSR count). The zero-order valence-electron chi connectivity index (χ0n) is 12.5. The number of benzene rings is 1. The molecule has 5 heteroatoms. The summed E-state index contributed by atoms with van der Waals surface area (Å²) in [5.41, 5.74) is 0.855. The Kier molecular flexibility index (Phi) is 4.32. The average molecular weight is 333 g/mol. The van der Waals surface area contributed by atoms with Crippen LogP contribution < -0.4 is 5.32 Å². The van der Waals surface area contributed by atoms with Crippen LogP contribution in [0.3, 0.4) is 0 Å². The van der Waals surface area contributed by atoms with Crippen LogP contribution in [0.5, 0.6) is 0 Å². The Labute approximate surface area is 138 Å². The summed E-state index contributed by atoms with van der Waals surface area (Å²) in [6, 6.07) is 9.69. The number of amides is 1. The lowest BCUT2D eigenvalue weighted by Crippen LogP contribution is -2.24. The SMILES string of the molecule is CC(C)CCNC(=O)c1cc2c(Cl)nc3ccccc3c2s1. The quantitative estimate of drug-likeness (QED) is 0.692. The largest absolute Gasteiger partial charge is 0.351 e. The van der Waals surface area contributed by atoms with Gasteiger partial charge in [-0.2, -0.15) is 0 Å². The number of halogens is 1. The molecule has 0 aliphatic heterocycles. The van der Waals surface area contributed by atoms with E-state index in [1.807, 2.05) is 30.3 Å². The van der Waals surface area contributed by atoms with Crippen molar-refractivity contribution in [2.24, 2.45) is 5.92 Å². The van der Waals surface area contributed by atoms with Crippen molar-refractivity contribution in [3.63, 3.8) is 0 Å². The Balaban J connectivity index is 1.97. The van der Waals surface area contributed by atoms with Gasteiger partial charge in [-0.25, -0.2) is 4.98 Å². The zero-order chi connectivity index (χ0) is 15.7. The molecular weight excluding hydrogens is 316 g/mol. The van der Waals surface area contributed by atoms with Crippen molar-refractivity contribution in [3.05, 3.63) is 40.4 Å². The predicted molar refractivity (Wildman–Crippen MR) is 93.9 cm³/mol. The smallest absolute Gasteiger partial charge is 0.261 e. The Morgan fingerprint density at radius 3 is 2.86 bits per heavy atom. The summed E-state index contributed by atoms with van der Waals surface area (Å²) in [4.78, 5) is 17.4. The number of nitrogens with one attached hydrogen (secondary N) is 1. The van der Waals surface area contributed by atoms with Crippen LogP contribution in [0.25, 0.3) is 21.0 Å². The molecule has 1 amide bonds. The summed E-state index contributed by atoms with van der Waals surface area (Å²) in [6.45, 7) is 4.98. The molecule has 0 aliphatic carbocycles. The molecule has 0 unspecified atom stereocenters. The molecule has 0 bridgehead atoms. The van der Waals surface area contributed by atoms with Gasteiger partial charge in [-0.1, -0.05) is 43.6 Å². The van der Waals surface area contributed by atoms with Gasteiger partial charge in [0, 0.05) is 22.0 Å². The maximum atomic E-state index is 12.3. The van der Waals surface area contributed by atoms with Crippen LogP contribution in [0.2, 0.25) is 5.15 Å². The van der Waals surface area contributed by atoms with E-state index < -0.39 is 0 Å². The van der Waals surface area contributed by atoms with E-state index in [1.54, 1.807) is 0 Å². The minimum Gasteiger partial charge on any atom is -0.351 e. The van der Waals surface area contributed by atoms with Gasteiger partial charge in [-0.05, 0) is 24.5 Å². The van der Waals surface area contributed by atoms with Gasteiger partial charge in [0.2, 0.25) is 0 Å². The van der Waals surface area contributed by atoms with E-state index in [1.165, 1.54) is 11.3 Å². The van der Waals surface area contributed by atoms with Gasteiger partial charge < -0.3 is 5.32 Å². The number of pyridine rings is 1. The van der Waals surface area contributed by atoms with Crippen molar-refractivity contribution in [1.29, 1.82) is 0 Å². The number of para-hydroxylation sites is 1. The van der Waals surface area contributed by atoms with E-state index >= 15 is 0 Å². The van der Waals surface area contributed by atoms with Gasteiger partial charge in [-0.3, -0.25) is 4.79 Å². The predicted octanol–water partition coefficient (Wildman–Crippen LogP) is 4.88. The average Bonchev–Trinajstić information content (AvgIpc) is 2.93. The first-order chi connectivity index (χ1) is 10.6. The molecule has 3 nitrogen and oxygen atoms in total. The highest BCUT2D eigenvalue weighted by Crippen LogP contribution is 2.35. The number of thiophene rings is 1. The first kappa shape index (κ1) is 15.3. The van der Waals surface area contributed by atoms with E-state index in [9.17, 15) is 4.79 Å². The monoisotopic (exact) mass is 332 g/mol. The Hall–Kier alpha value is -1.65. The maximum Gasteiger partial charge on any atom is 0.261 e. The fourth-order valence-corrected chi connectivity index (χ4v) is 3.75. The fraction of sp³-hybridized carbons (Fsp3) is 0.294. The minimum absolute atomic E-state index is 0.0398. The van der Waals surface area contributed by atoms with Gasteiger partial charge in [0.15, 0.2) is 0 Å². The van der Waals surface area contributed by atoms with Gasteiger partial charge in [0.1, 0.15) is 5.15 Å². The van der Waals surface area contributed by atoms with Crippen molar-refractivity contribution in [2.45, 2.75) is 20.3 Å². The van der Waals surface area contributed by atoms with E-state index in [4.69, 9.17) is 11.6 Å². The summed E-state index contributed by atoms with van der Waals surface area (Å²) in [7, 11) is 0. The highest BCUT2D eigenvalue weighted by atomic mass is 35.5. The Bertz CT molecular complexity index is 841. The van der Waals surface area contributed by atoms with Gasteiger partial charge >= 0.3 is 0 Å². The normalized spacial score (nSPS) is 11.5. The van der Waals surface area contributed by atoms with E-state index in [0.717, 1.165) is 27.4 Å². The fourth-order valence-electron chi connectivity index (χ4n) is 2.35. The number of carbonyl (C=O) groups is 1. The van der Waals surface area contributed by atoms with Gasteiger partial charge in [-0.15, -0.1) is 11.3 Å². The van der Waals surface area contributed by atoms with E-state index in [-0.39, 0.29) is 5.91 Å². The first-order valence-corrected chi connectivity index (χ1v) is 8.51. The second-order valence-electron chi connectivity index (χ2n) is 5.71. The van der Waals surface area contributed by atoms with Crippen molar-refractivity contribution in [1.82, 2.24) is 10.3 Å². The Morgan fingerprint density at radius 1 is 1.32 bits per heavy atom. The molecule has 1 aromatic carbocycles. The van der Waals surface area contributed by atoms with Crippen LogP contribution in [0, 0.1) is 5.92 Å². The van der Waals surface area contributed by atoms with Crippen LogP contribution >= 0.6 is 22.9 Å². The molecule has 0 saturated carbocycles. The van der Waals surface area contributed by atoms with Crippen molar-refractivity contribution in [2.75, 3.05) is 6.54 Å². The summed E-state index contributed by atoms with van der Waals surface area (Å²) in [5.74, 6) is 0.535. The van der Waals surface area contributed by atoms with E-state index in [2.05, 4.69) is 24.1 Å².